The third-order valence-electron chi connectivity index (χ3n) is 2.33. The van der Waals surface area contributed by atoms with Crippen molar-refractivity contribution in [2.75, 3.05) is 13.2 Å². The van der Waals surface area contributed by atoms with Crippen molar-refractivity contribution >= 4 is 0 Å². The molecule has 0 aliphatic heterocycles. The summed E-state index contributed by atoms with van der Waals surface area (Å²) in [5.74, 6) is 0.0871. The normalized spacial score (nSPS) is 32.4. The molecule has 3 N–H and O–H groups in total. The van der Waals surface area contributed by atoms with Gasteiger partial charge in [-0.05, 0) is 12.5 Å². The summed E-state index contributed by atoms with van der Waals surface area (Å²) in [6, 6.07) is 0. The van der Waals surface area contributed by atoms with Crippen molar-refractivity contribution in [3.63, 3.8) is 0 Å². The molecule has 1 rings (SSSR count). The zero-order valence-electron chi connectivity index (χ0n) is 7.90. The fourth-order valence-corrected chi connectivity index (χ4v) is 1.56. The number of aliphatic hydroxyl groups is 2. The molecular weight excluding hydrogens is 166 g/mol. The molecule has 74 valence electrons. The second-order valence-electron chi connectivity index (χ2n) is 3.23. The molecule has 0 bridgehead atoms. The second kappa shape index (κ2) is 4.56. The molecule has 13 heavy (non-hydrogen) atoms. The molecule has 0 aromatic heterocycles. The van der Waals surface area contributed by atoms with E-state index < -0.39 is 5.72 Å². The Hall–Kier alpha value is -0.640. The van der Waals surface area contributed by atoms with Crippen LogP contribution in [0.2, 0.25) is 0 Å². The van der Waals surface area contributed by atoms with Gasteiger partial charge in [0.1, 0.15) is 5.72 Å². The van der Waals surface area contributed by atoms with E-state index in [1.807, 2.05) is 25.2 Å². The summed E-state index contributed by atoms with van der Waals surface area (Å²) in [4.78, 5) is 0. The molecule has 0 heterocycles. The van der Waals surface area contributed by atoms with E-state index in [-0.39, 0.29) is 12.5 Å². The molecule has 3 nitrogen and oxygen atoms in total. The molecule has 0 fully saturated rings. The molecule has 0 radical (unpaired) electrons. The van der Waals surface area contributed by atoms with Crippen LogP contribution < -0.4 is 5.32 Å². The van der Waals surface area contributed by atoms with Crippen LogP contribution in [0, 0.1) is 5.92 Å². The van der Waals surface area contributed by atoms with E-state index in [9.17, 15) is 5.11 Å². The van der Waals surface area contributed by atoms with Crippen LogP contribution in [-0.2, 0) is 0 Å². The smallest absolute Gasteiger partial charge is 0.141 e. The Morgan fingerprint density at radius 3 is 2.85 bits per heavy atom. The summed E-state index contributed by atoms with van der Waals surface area (Å²) >= 11 is 0. The van der Waals surface area contributed by atoms with E-state index in [2.05, 4.69) is 5.32 Å². The first-order valence-electron chi connectivity index (χ1n) is 4.67. The van der Waals surface area contributed by atoms with Crippen molar-refractivity contribution in [2.24, 2.45) is 5.92 Å². The maximum Gasteiger partial charge on any atom is 0.141 e. The lowest BCUT2D eigenvalue weighted by Gasteiger charge is -2.33. The molecule has 0 aromatic rings. The standard InChI is InChI=1S/C10H17NO2/c1-2-9-5-3-4-6-10(9,13)11-7-8-12/h3-6,9,11-13H,2,7-8H2,1H3. The predicted octanol–water partition coefficient (Wildman–Crippen LogP) is 0.409. The summed E-state index contributed by atoms with van der Waals surface area (Å²) in [6.07, 6.45) is 8.33. The molecule has 0 saturated carbocycles. The largest absolute Gasteiger partial charge is 0.395 e. The lowest BCUT2D eigenvalue weighted by Crippen LogP contribution is -2.50. The van der Waals surface area contributed by atoms with E-state index in [1.54, 1.807) is 6.08 Å². The Kier molecular flexibility index (Phi) is 3.66. The molecule has 2 unspecified atom stereocenters. The quantitative estimate of drug-likeness (QED) is 0.553. The Labute approximate surface area is 78.8 Å². The Morgan fingerprint density at radius 2 is 2.23 bits per heavy atom. The van der Waals surface area contributed by atoms with Gasteiger partial charge in [-0.15, -0.1) is 0 Å². The first-order valence-corrected chi connectivity index (χ1v) is 4.67. The Morgan fingerprint density at radius 1 is 1.46 bits per heavy atom. The van der Waals surface area contributed by atoms with E-state index in [4.69, 9.17) is 5.11 Å². The lowest BCUT2D eigenvalue weighted by molar-refractivity contribution is 0.00753. The summed E-state index contributed by atoms with van der Waals surface area (Å²) < 4.78 is 0. The van der Waals surface area contributed by atoms with Gasteiger partial charge in [-0.2, -0.15) is 0 Å². The van der Waals surface area contributed by atoms with Crippen LogP contribution in [-0.4, -0.2) is 29.1 Å². The zero-order chi connectivity index (χ0) is 9.73. The highest BCUT2D eigenvalue weighted by molar-refractivity contribution is 5.20. The van der Waals surface area contributed by atoms with Crippen LogP contribution >= 0.6 is 0 Å². The molecule has 1 aliphatic rings. The van der Waals surface area contributed by atoms with Crippen LogP contribution in [0.1, 0.15) is 13.3 Å². The molecule has 0 spiro atoms. The number of hydrogen-bond acceptors (Lipinski definition) is 3. The zero-order valence-corrected chi connectivity index (χ0v) is 7.90. The van der Waals surface area contributed by atoms with Gasteiger partial charge in [0.25, 0.3) is 0 Å². The van der Waals surface area contributed by atoms with Crippen LogP contribution in [0.4, 0.5) is 0 Å². The average Bonchev–Trinajstić information content (AvgIpc) is 2.16. The monoisotopic (exact) mass is 183 g/mol. The van der Waals surface area contributed by atoms with Gasteiger partial charge in [0, 0.05) is 12.5 Å². The van der Waals surface area contributed by atoms with Gasteiger partial charge in [-0.3, -0.25) is 5.32 Å². The number of nitrogens with one attached hydrogen (secondary N) is 1. The maximum atomic E-state index is 10.1. The number of allylic oxidation sites excluding steroid dienone is 2. The highest BCUT2D eigenvalue weighted by atomic mass is 16.3. The summed E-state index contributed by atoms with van der Waals surface area (Å²) in [5, 5.41) is 21.7. The summed E-state index contributed by atoms with van der Waals surface area (Å²) in [6.45, 7) is 2.47. The third kappa shape index (κ3) is 2.40. The topological polar surface area (TPSA) is 52.5 Å². The minimum atomic E-state index is -0.980. The predicted molar refractivity (Wildman–Crippen MR) is 52.1 cm³/mol. The highest BCUT2D eigenvalue weighted by Gasteiger charge is 2.31. The molecule has 0 saturated heterocycles. The second-order valence-corrected chi connectivity index (χ2v) is 3.23. The Balaban J connectivity index is 2.62. The number of hydrogen-bond donors (Lipinski definition) is 3. The fourth-order valence-electron chi connectivity index (χ4n) is 1.56. The fraction of sp³-hybridized carbons (Fsp3) is 0.600. The molecule has 2 atom stereocenters. The first-order chi connectivity index (χ1) is 6.23. The van der Waals surface area contributed by atoms with Crippen LogP contribution in [0.15, 0.2) is 24.3 Å². The first kappa shape index (κ1) is 10.4. The van der Waals surface area contributed by atoms with Gasteiger partial charge >= 0.3 is 0 Å². The van der Waals surface area contributed by atoms with Gasteiger partial charge in [-0.25, -0.2) is 0 Å². The van der Waals surface area contributed by atoms with Gasteiger partial charge in [0.15, 0.2) is 0 Å². The SMILES string of the molecule is CCC1C=CC=CC1(O)NCCO. The van der Waals surface area contributed by atoms with Crippen LogP contribution in [0.5, 0.6) is 0 Å². The van der Waals surface area contributed by atoms with Crippen molar-refractivity contribution in [1.29, 1.82) is 0 Å². The summed E-state index contributed by atoms with van der Waals surface area (Å²) in [7, 11) is 0. The highest BCUT2D eigenvalue weighted by Crippen LogP contribution is 2.24. The van der Waals surface area contributed by atoms with Crippen molar-refractivity contribution in [2.45, 2.75) is 19.1 Å². The molecular formula is C10H17NO2. The van der Waals surface area contributed by atoms with Gasteiger partial charge in [0.05, 0.1) is 6.61 Å². The van der Waals surface area contributed by atoms with Gasteiger partial charge in [0.2, 0.25) is 0 Å². The summed E-state index contributed by atoms with van der Waals surface area (Å²) in [5.41, 5.74) is -0.980. The van der Waals surface area contributed by atoms with Crippen molar-refractivity contribution in [3.05, 3.63) is 24.3 Å². The van der Waals surface area contributed by atoms with Gasteiger partial charge in [-0.1, -0.05) is 25.2 Å². The van der Waals surface area contributed by atoms with E-state index in [0.717, 1.165) is 6.42 Å². The van der Waals surface area contributed by atoms with Crippen molar-refractivity contribution < 1.29 is 10.2 Å². The molecule has 1 aliphatic carbocycles. The maximum absolute atomic E-state index is 10.1. The van der Waals surface area contributed by atoms with Crippen molar-refractivity contribution in [1.82, 2.24) is 5.32 Å². The van der Waals surface area contributed by atoms with Crippen LogP contribution in [0.25, 0.3) is 0 Å². The minimum Gasteiger partial charge on any atom is -0.395 e. The lowest BCUT2D eigenvalue weighted by atomic mass is 9.89. The van der Waals surface area contributed by atoms with Gasteiger partial charge < -0.3 is 10.2 Å². The molecule has 3 heteroatoms. The average molecular weight is 183 g/mol. The Bertz CT molecular complexity index is 213. The molecule has 0 amide bonds. The van der Waals surface area contributed by atoms with E-state index in [0.29, 0.717) is 6.54 Å². The minimum absolute atomic E-state index is 0.0380. The molecule has 0 aromatic carbocycles. The number of rotatable bonds is 4. The van der Waals surface area contributed by atoms with Crippen molar-refractivity contribution in [3.8, 4) is 0 Å². The van der Waals surface area contributed by atoms with E-state index in [1.165, 1.54) is 0 Å². The van der Waals surface area contributed by atoms with Crippen LogP contribution in [0.3, 0.4) is 0 Å². The number of aliphatic hydroxyl groups excluding tert-OH is 1. The van der Waals surface area contributed by atoms with E-state index >= 15 is 0 Å². The third-order valence-corrected chi connectivity index (χ3v) is 2.33.